The lowest BCUT2D eigenvalue weighted by molar-refractivity contribution is 0.143. The van der Waals surface area contributed by atoms with Crippen molar-refractivity contribution in [2.45, 2.75) is 78.7 Å². The van der Waals surface area contributed by atoms with Crippen LogP contribution in [0, 0.1) is 11.8 Å². The molecule has 2 nitrogen and oxygen atoms in total. The first kappa shape index (κ1) is 21.3. The predicted molar refractivity (Wildman–Crippen MR) is 107 cm³/mol. The van der Waals surface area contributed by atoms with Gasteiger partial charge in [-0.25, -0.2) is 0 Å². The van der Waals surface area contributed by atoms with Gasteiger partial charge < -0.3 is 9.84 Å². The molecule has 0 radical (unpaired) electrons. The first-order valence-corrected chi connectivity index (χ1v) is 8.83. The van der Waals surface area contributed by atoms with Crippen LogP contribution in [0.4, 0.5) is 0 Å². The molecule has 0 atom stereocenters. The second-order valence-corrected chi connectivity index (χ2v) is 9.46. The van der Waals surface area contributed by atoms with Crippen LogP contribution in [-0.4, -0.2) is 17.3 Å². The molecule has 0 saturated carbocycles. The Hall–Kier alpha value is -1.72. The fraction of sp³-hybridized carbons (Fsp3) is 0.565. The lowest BCUT2D eigenvalue weighted by Crippen LogP contribution is -2.19. The van der Waals surface area contributed by atoms with Gasteiger partial charge in [0.25, 0.3) is 0 Å². The Labute approximate surface area is 154 Å². The van der Waals surface area contributed by atoms with Crippen molar-refractivity contribution in [3.8, 4) is 17.6 Å². The summed E-state index contributed by atoms with van der Waals surface area (Å²) in [4.78, 5) is 0. The molecule has 1 rings (SSSR count). The molecule has 138 valence electrons. The van der Waals surface area contributed by atoms with Gasteiger partial charge in [0.05, 0.1) is 5.56 Å². The van der Waals surface area contributed by atoms with Crippen molar-refractivity contribution >= 4 is 0 Å². The van der Waals surface area contributed by atoms with Gasteiger partial charge in [-0.15, -0.1) is 0 Å². The molecule has 0 aromatic heterocycles. The van der Waals surface area contributed by atoms with E-state index in [2.05, 4.69) is 72.1 Å². The van der Waals surface area contributed by atoms with Gasteiger partial charge in [0.2, 0.25) is 0 Å². The largest absolute Gasteiger partial charge is 0.488 e. The van der Waals surface area contributed by atoms with Crippen LogP contribution >= 0.6 is 0 Å². The molecule has 1 aromatic rings. The topological polar surface area (TPSA) is 29.5 Å². The SMILES string of the molecule is C=C(C)COc1c(C#CC(C)(C)O)cc(C(C)(C)C)cc1C(C)(C)C. The minimum Gasteiger partial charge on any atom is -0.488 e. The minimum atomic E-state index is -1.05. The van der Waals surface area contributed by atoms with Gasteiger partial charge in [0.1, 0.15) is 18.0 Å². The van der Waals surface area contributed by atoms with E-state index < -0.39 is 5.60 Å². The maximum Gasteiger partial charge on any atom is 0.139 e. The van der Waals surface area contributed by atoms with Crippen molar-refractivity contribution in [1.82, 2.24) is 0 Å². The number of aliphatic hydroxyl groups is 1. The van der Waals surface area contributed by atoms with E-state index in [9.17, 15) is 5.11 Å². The third-order valence-electron chi connectivity index (χ3n) is 3.73. The Morgan fingerprint density at radius 2 is 1.60 bits per heavy atom. The van der Waals surface area contributed by atoms with Crippen molar-refractivity contribution in [2.75, 3.05) is 6.61 Å². The average molecular weight is 343 g/mol. The highest BCUT2D eigenvalue weighted by atomic mass is 16.5. The zero-order valence-electron chi connectivity index (χ0n) is 17.4. The fourth-order valence-electron chi connectivity index (χ4n) is 2.28. The van der Waals surface area contributed by atoms with E-state index in [1.54, 1.807) is 13.8 Å². The normalized spacial score (nSPS) is 12.4. The van der Waals surface area contributed by atoms with Crippen LogP contribution in [-0.2, 0) is 10.8 Å². The molecule has 0 fully saturated rings. The molecule has 1 N–H and O–H groups in total. The minimum absolute atomic E-state index is 0.00194. The molecule has 0 spiro atoms. The van der Waals surface area contributed by atoms with Gasteiger partial charge in [0, 0.05) is 5.56 Å². The van der Waals surface area contributed by atoms with E-state index in [1.807, 2.05) is 6.92 Å². The monoisotopic (exact) mass is 342 g/mol. The maximum atomic E-state index is 10.0. The van der Waals surface area contributed by atoms with Crippen LogP contribution in [0.25, 0.3) is 0 Å². The number of hydrogen-bond donors (Lipinski definition) is 1. The van der Waals surface area contributed by atoms with Crippen LogP contribution in [0.5, 0.6) is 5.75 Å². The third-order valence-corrected chi connectivity index (χ3v) is 3.73. The summed E-state index contributed by atoms with van der Waals surface area (Å²) in [5.41, 5.74) is 2.98. The molecule has 25 heavy (non-hydrogen) atoms. The quantitative estimate of drug-likeness (QED) is 0.592. The predicted octanol–water partition coefficient (Wildman–Crippen LogP) is 5.36. The lowest BCUT2D eigenvalue weighted by atomic mass is 9.79. The average Bonchev–Trinajstić information content (AvgIpc) is 2.39. The van der Waals surface area contributed by atoms with Crippen molar-refractivity contribution in [3.63, 3.8) is 0 Å². The summed E-state index contributed by atoms with van der Waals surface area (Å²) in [5.74, 6) is 6.87. The van der Waals surface area contributed by atoms with E-state index in [0.29, 0.717) is 6.61 Å². The molecular weight excluding hydrogens is 308 g/mol. The molecule has 0 aliphatic heterocycles. The summed E-state index contributed by atoms with van der Waals surface area (Å²) in [6.45, 7) is 22.8. The molecule has 0 aliphatic carbocycles. The second-order valence-electron chi connectivity index (χ2n) is 9.46. The standard InChI is InChI=1S/C23H34O2/c1-16(2)15-25-20-17(11-12-23(9,10)24)13-18(21(3,4)5)14-19(20)22(6,7)8/h13-14,24H,1,15H2,2-10H3. The van der Waals surface area contributed by atoms with Gasteiger partial charge in [-0.1, -0.05) is 66.0 Å². The first-order valence-electron chi connectivity index (χ1n) is 8.83. The third kappa shape index (κ3) is 6.59. The smallest absolute Gasteiger partial charge is 0.139 e. The molecular formula is C23H34O2. The van der Waals surface area contributed by atoms with Gasteiger partial charge in [-0.2, -0.15) is 0 Å². The Morgan fingerprint density at radius 1 is 1.04 bits per heavy atom. The molecule has 0 saturated heterocycles. The van der Waals surface area contributed by atoms with Crippen LogP contribution in [0.15, 0.2) is 24.3 Å². The van der Waals surface area contributed by atoms with Crippen LogP contribution in [0.3, 0.4) is 0 Å². The van der Waals surface area contributed by atoms with Crippen LogP contribution < -0.4 is 4.74 Å². The second kappa shape index (κ2) is 7.26. The summed E-state index contributed by atoms with van der Waals surface area (Å²) in [5, 5.41) is 10.0. The van der Waals surface area contributed by atoms with Crippen molar-refractivity contribution < 1.29 is 9.84 Å². The lowest BCUT2D eigenvalue weighted by Gasteiger charge is -2.28. The van der Waals surface area contributed by atoms with Gasteiger partial charge >= 0.3 is 0 Å². The summed E-state index contributed by atoms with van der Waals surface area (Å²) in [7, 11) is 0. The van der Waals surface area contributed by atoms with E-state index in [0.717, 1.165) is 22.4 Å². The molecule has 0 bridgehead atoms. The molecule has 1 aromatic carbocycles. The molecule has 0 aliphatic rings. The number of ether oxygens (including phenoxy) is 1. The van der Waals surface area contributed by atoms with Crippen LogP contribution in [0.2, 0.25) is 0 Å². The van der Waals surface area contributed by atoms with E-state index in [-0.39, 0.29) is 10.8 Å². The highest BCUT2D eigenvalue weighted by Crippen LogP contribution is 2.38. The van der Waals surface area contributed by atoms with Crippen molar-refractivity contribution in [2.24, 2.45) is 0 Å². The van der Waals surface area contributed by atoms with E-state index >= 15 is 0 Å². The molecule has 0 amide bonds. The van der Waals surface area contributed by atoms with E-state index in [4.69, 9.17) is 4.74 Å². The molecule has 0 unspecified atom stereocenters. The summed E-state index contributed by atoms with van der Waals surface area (Å²) < 4.78 is 6.11. The number of rotatable bonds is 3. The number of hydrogen-bond acceptors (Lipinski definition) is 2. The van der Waals surface area contributed by atoms with Crippen LogP contribution in [0.1, 0.15) is 79.0 Å². The van der Waals surface area contributed by atoms with Crippen molar-refractivity contribution in [1.29, 1.82) is 0 Å². The molecule has 0 heterocycles. The van der Waals surface area contributed by atoms with Gasteiger partial charge in [0.15, 0.2) is 0 Å². The first-order chi connectivity index (χ1) is 11.1. The summed E-state index contributed by atoms with van der Waals surface area (Å²) >= 11 is 0. The maximum absolute atomic E-state index is 10.0. The fourth-order valence-corrected chi connectivity index (χ4v) is 2.28. The highest BCUT2D eigenvalue weighted by molar-refractivity contribution is 5.56. The van der Waals surface area contributed by atoms with Gasteiger partial charge in [-0.3, -0.25) is 0 Å². The Balaban J connectivity index is 3.71. The Kier molecular flexibility index (Phi) is 6.19. The highest BCUT2D eigenvalue weighted by Gasteiger charge is 2.26. The zero-order chi connectivity index (χ0) is 19.6. The Bertz CT molecular complexity index is 693. The van der Waals surface area contributed by atoms with Gasteiger partial charge in [-0.05, 0) is 48.8 Å². The zero-order valence-corrected chi connectivity index (χ0v) is 17.4. The number of benzene rings is 1. The van der Waals surface area contributed by atoms with E-state index in [1.165, 1.54) is 5.56 Å². The molecule has 2 heteroatoms. The Morgan fingerprint density at radius 3 is 2.00 bits per heavy atom. The summed E-state index contributed by atoms with van der Waals surface area (Å²) in [6, 6.07) is 4.31. The van der Waals surface area contributed by atoms with Crippen molar-refractivity contribution in [3.05, 3.63) is 41.0 Å². The summed E-state index contributed by atoms with van der Waals surface area (Å²) in [6.07, 6.45) is 0.